The highest BCUT2D eigenvalue weighted by molar-refractivity contribution is 7.92. The number of benzene rings is 3. The number of carbonyl (C=O) groups is 2. The number of nitrogens with zero attached hydrogens (tertiary/aromatic N) is 2. The normalized spacial score (nSPS) is 12.8. The second-order valence-corrected chi connectivity index (χ2v) is 12.8. The molecule has 7 nitrogen and oxygen atoms in total. The summed E-state index contributed by atoms with van der Waals surface area (Å²) >= 11 is 6.25. The fourth-order valence-electron chi connectivity index (χ4n) is 4.63. The molecule has 42 heavy (non-hydrogen) atoms. The summed E-state index contributed by atoms with van der Waals surface area (Å²) in [6.07, 6.45) is 2.33. The summed E-state index contributed by atoms with van der Waals surface area (Å²) in [5, 5.41) is 3.46. The maximum atomic E-state index is 13.9. The third-order valence-corrected chi connectivity index (χ3v) is 8.79. The molecule has 0 aromatic heterocycles. The molecular weight excluding hydrogens is 577 g/mol. The Balaban J connectivity index is 1.90. The highest BCUT2D eigenvalue weighted by Crippen LogP contribution is 2.28. The van der Waals surface area contributed by atoms with Crippen LogP contribution in [0.3, 0.4) is 0 Å². The van der Waals surface area contributed by atoms with E-state index in [4.69, 9.17) is 11.6 Å². The van der Waals surface area contributed by atoms with E-state index >= 15 is 0 Å². The van der Waals surface area contributed by atoms with Crippen molar-refractivity contribution < 1.29 is 22.4 Å². The van der Waals surface area contributed by atoms with Gasteiger partial charge in [-0.2, -0.15) is 0 Å². The number of carbonyl (C=O) groups excluding carboxylic acids is 2. The lowest BCUT2D eigenvalue weighted by atomic mass is 10.0. The Morgan fingerprint density at radius 1 is 0.976 bits per heavy atom. The predicted molar refractivity (Wildman–Crippen MR) is 166 cm³/mol. The summed E-state index contributed by atoms with van der Waals surface area (Å²) < 4.78 is 40.3. The van der Waals surface area contributed by atoms with E-state index in [1.165, 1.54) is 21.3 Å². The van der Waals surface area contributed by atoms with E-state index in [9.17, 15) is 22.4 Å². The van der Waals surface area contributed by atoms with Gasteiger partial charge in [-0.05, 0) is 67.6 Å². The minimum atomic E-state index is -3.66. The highest BCUT2D eigenvalue weighted by atomic mass is 35.5. The van der Waals surface area contributed by atoms with Crippen LogP contribution >= 0.6 is 11.6 Å². The van der Waals surface area contributed by atoms with Crippen LogP contribution in [0.25, 0.3) is 0 Å². The van der Waals surface area contributed by atoms with Crippen LogP contribution in [-0.2, 0) is 32.6 Å². The summed E-state index contributed by atoms with van der Waals surface area (Å²) in [5.74, 6) is -0.990. The largest absolute Gasteiger partial charge is 0.352 e. The zero-order valence-corrected chi connectivity index (χ0v) is 26.1. The maximum absolute atomic E-state index is 13.9. The van der Waals surface area contributed by atoms with Crippen molar-refractivity contribution in [2.75, 3.05) is 17.1 Å². The second-order valence-electron chi connectivity index (χ2n) is 10.5. The lowest BCUT2D eigenvalue weighted by molar-refractivity contribution is -0.141. The van der Waals surface area contributed by atoms with Crippen molar-refractivity contribution in [3.05, 3.63) is 100 Å². The Hall–Kier alpha value is -3.43. The Kier molecular flexibility index (Phi) is 11.9. The quantitative estimate of drug-likeness (QED) is 0.245. The fourth-order valence-corrected chi connectivity index (χ4v) is 5.82. The molecule has 0 fully saturated rings. The standard InChI is InChI=1S/C32H39ClFN3O4S/c1-5-23(2)35-32(39)30(21-25-11-7-6-8-12-25)36(22-26-16-18-27(34)19-17-26)31(38)15-10-20-37(42(4,40)41)29-14-9-13-28(33)24(29)3/h6-9,11-14,16-19,23,30H,5,10,15,20-22H2,1-4H3,(H,35,39). The van der Waals surface area contributed by atoms with E-state index in [0.717, 1.165) is 18.2 Å². The summed E-state index contributed by atoms with van der Waals surface area (Å²) in [4.78, 5) is 29.0. The lowest BCUT2D eigenvalue weighted by Gasteiger charge is -2.33. The molecular formula is C32H39ClFN3O4S. The summed E-state index contributed by atoms with van der Waals surface area (Å²) in [6, 6.07) is 19.4. The summed E-state index contributed by atoms with van der Waals surface area (Å²) in [5.41, 5.74) is 2.64. The number of sulfonamides is 1. The number of anilines is 1. The SMILES string of the molecule is CCC(C)NC(=O)C(Cc1ccccc1)N(Cc1ccc(F)cc1)C(=O)CCCN(c1cccc(Cl)c1C)S(C)(=O)=O. The molecule has 0 aliphatic carbocycles. The molecule has 0 bridgehead atoms. The molecule has 3 aromatic carbocycles. The molecule has 226 valence electrons. The maximum Gasteiger partial charge on any atom is 0.243 e. The van der Waals surface area contributed by atoms with E-state index < -0.39 is 21.9 Å². The van der Waals surface area contributed by atoms with E-state index in [2.05, 4.69) is 5.32 Å². The molecule has 0 aliphatic rings. The number of nitrogens with one attached hydrogen (secondary N) is 1. The monoisotopic (exact) mass is 615 g/mol. The summed E-state index contributed by atoms with van der Waals surface area (Å²) in [7, 11) is -3.66. The average Bonchev–Trinajstić information content (AvgIpc) is 2.95. The molecule has 0 radical (unpaired) electrons. The molecule has 0 spiro atoms. The van der Waals surface area contributed by atoms with Gasteiger partial charge in [0.2, 0.25) is 21.8 Å². The van der Waals surface area contributed by atoms with Crippen molar-refractivity contribution in [3.63, 3.8) is 0 Å². The van der Waals surface area contributed by atoms with Gasteiger partial charge >= 0.3 is 0 Å². The van der Waals surface area contributed by atoms with E-state index in [1.54, 1.807) is 37.3 Å². The van der Waals surface area contributed by atoms with Crippen LogP contribution < -0.4 is 9.62 Å². The lowest BCUT2D eigenvalue weighted by Crippen LogP contribution is -2.52. The van der Waals surface area contributed by atoms with Crippen molar-refractivity contribution in [2.24, 2.45) is 0 Å². The number of rotatable bonds is 14. The summed E-state index contributed by atoms with van der Waals surface area (Å²) in [6.45, 7) is 5.76. The molecule has 3 rings (SSSR count). The van der Waals surface area contributed by atoms with Gasteiger partial charge in [0.15, 0.2) is 0 Å². The zero-order chi connectivity index (χ0) is 30.9. The van der Waals surface area contributed by atoms with E-state index in [1.807, 2.05) is 44.2 Å². The third-order valence-electron chi connectivity index (χ3n) is 7.20. The molecule has 0 heterocycles. The first-order valence-electron chi connectivity index (χ1n) is 14.0. The van der Waals surface area contributed by atoms with Gasteiger partial charge in [-0.1, -0.05) is 67.1 Å². The van der Waals surface area contributed by atoms with Crippen molar-refractivity contribution in [1.82, 2.24) is 10.2 Å². The van der Waals surface area contributed by atoms with Crippen LogP contribution in [0.1, 0.15) is 49.8 Å². The first-order valence-corrected chi connectivity index (χ1v) is 16.2. The molecule has 10 heteroatoms. The Bertz CT molecular complexity index is 1450. The van der Waals surface area contributed by atoms with Gasteiger partial charge < -0.3 is 10.2 Å². The molecule has 3 aromatic rings. The number of hydrogen-bond acceptors (Lipinski definition) is 4. The second kappa shape index (κ2) is 15.2. The minimum absolute atomic E-state index is 0.00523. The van der Waals surface area contributed by atoms with Gasteiger partial charge in [-0.15, -0.1) is 0 Å². The van der Waals surface area contributed by atoms with Crippen LogP contribution in [0.15, 0.2) is 72.8 Å². The molecule has 1 N–H and O–H groups in total. The number of halogens is 2. The highest BCUT2D eigenvalue weighted by Gasteiger charge is 2.31. The van der Waals surface area contributed by atoms with Crippen molar-refractivity contribution in [1.29, 1.82) is 0 Å². The van der Waals surface area contributed by atoms with Gasteiger partial charge in [0.25, 0.3) is 0 Å². The van der Waals surface area contributed by atoms with Crippen LogP contribution in [0.4, 0.5) is 10.1 Å². The molecule has 0 aliphatic heterocycles. The molecule has 0 saturated carbocycles. The van der Waals surface area contributed by atoms with Crippen LogP contribution in [-0.4, -0.2) is 50.0 Å². The van der Waals surface area contributed by atoms with Crippen molar-refractivity contribution in [2.45, 2.75) is 65.1 Å². The van der Waals surface area contributed by atoms with Gasteiger partial charge in [0, 0.05) is 37.0 Å². The third kappa shape index (κ3) is 9.29. The van der Waals surface area contributed by atoms with E-state index in [0.29, 0.717) is 21.8 Å². The van der Waals surface area contributed by atoms with Crippen LogP contribution in [0, 0.1) is 12.7 Å². The van der Waals surface area contributed by atoms with Gasteiger partial charge in [-0.3, -0.25) is 13.9 Å². The Labute approximate surface area is 253 Å². The van der Waals surface area contributed by atoms with Crippen LogP contribution in [0.5, 0.6) is 0 Å². The van der Waals surface area contributed by atoms with Crippen LogP contribution in [0.2, 0.25) is 5.02 Å². The predicted octanol–water partition coefficient (Wildman–Crippen LogP) is 5.89. The van der Waals surface area contributed by atoms with E-state index in [-0.39, 0.29) is 50.2 Å². The molecule has 2 unspecified atom stereocenters. The molecule has 2 amide bonds. The van der Waals surface area contributed by atoms with Gasteiger partial charge in [-0.25, -0.2) is 12.8 Å². The Morgan fingerprint density at radius 3 is 2.26 bits per heavy atom. The average molecular weight is 616 g/mol. The van der Waals surface area contributed by atoms with Crippen molar-refractivity contribution >= 4 is 39.1 Å². The number of hydrogen-bond donors (Lipinski definition) is 1. The van der Waals surface area contributed by atoms with Gasteiger partial charge in [0.05, 0.1) is 11.9 Å². The first-order chi connectivity index (χ1) is 19.9. The minimum Gasteiger partial charge on any atom is -0.352 e. The molecule has 2 atom stereocenters. The van der Waals surface area contributed by atoms with Crippen molar-refractivity contribution in [3.8, 4) is 0 Å². The zero-order valence-electron chi connectivity index (χ0n) is 24.5. The Morgan fingerprint density at radius 2 is 1.64 bits per heavy atom. The van der Waals surface area contributed by atoms with Gasteiger partial charge in [0.1, 0.15) is 11.9 Å². The number of amides is 2. The first kappa shape index (κ1) is 33.1. The smallest absolute Gasteiger partial charge is 0.243 e. The topological polar surface area (TPSA) is 86.8 Å². The molecule has 0 saturated heterocycles. The fraction of sp³-hybridized carbons (Fsp3) is 0.375.